The third-order valence-electron chi connectivity index (χ3n) is 4.06. The van der Waals surface area contributed by atoms with E-state index in [2.05, 4.69) is 15.0 Å². The van der Waals surface area contributed by atoms with Crippen LogP contribution in [0.15, 0.2) is 36.5 Å². The molecule has 4 N–H and O–H groups in total. The molecule has 1 aliphatic rings. The Bertz CT molecular complexity index is 941. The van der Waals surface area contributed by atoms with Gasteiger partial charge < -0.3 is 20.3 Å². The van der Waals surface area contributed by atoms with Gasteiger partial charge in [-0.25, -0.2) is 13.4 Å². The van der Waals surface area contributed by atoms with Gasteiger partial charge in [0.15, 0.2) is 11.5 Å². The second-order valence-corrected chi connectivity index (χ2v) is 8.03. The zero-order valence-corrected chi connectivity index (χ0v) is 15.1. The molecule has 1 fully saturated rings. The molecule has 2 aromatic rings. The van der Waals surface area contributed by atoms with E-state index < -0.39 is 21.2 Å². The minimum absolute atomic E-state index is 0.0294. The zero-order valence-electron chi connectivity index (χ0n) is 14.3. The molecule has 0 spiro atoms. The number of hydrogen-bond acceptors (Lipinski definition) is 7. The number of carbonyl (C=O) groups excluding carboxylic acids is 1. The summed E-state index contributed by atoms with van der Waals surface area (Å²) in [7, 11) is -3.68. The number of nitrogens with one attached hydrogen (secondary N) is 2. The van der Waals surface area contributed by atoms with E-state index in [9.17, 15) is 23.4 Å². The fraction of sp³-hybridized carbons (Fsp3) is 0.294. The lowest BCUT2D eigenvalue weighted by Crippen LogP contribution is -2.35. The van der Waals surface area contributed by atoms with Gasteiger partial charge in [-0.05, 0) is 37.1 Å². The largest absolute Gasteiger partial charge is 0.504 e. The van der Waals surface area contributed by atoms with Crippen molar-refractivity contribution >= 4 is 27.4 Å². The van der Waals surface area contributed by atoms with E-state index in [4.69, 9.17) is 4.74 Å². The number of carbonyl (C=O) groups is 1. The molecule has 0 aliphatic carbocycles. The SMILES string of the molecule is O=C(Nc1ccc(O)c(O)c1)c1ccnc(NS(=O)(=O)C2CCCOC2)c1. The number of anilines is 2. The molecular weight excluding hydrogens is 374 g/mol. The van der Waals surface area contributed by atoms with E-state index in [0.717, 1.165) is 0 Å². The third kappa shape index (κ3) is 4.66. The van der Waals surface area contributed by atoms with Crippen molar-refractivity contribution in [2.75, 3.05) is 23.3 Å². The Balaban J connectivity index is 1.72. The Hall–Kier alpha value is -2.85. The Morgan fingerprint density at radius 3 is 2.70 bits per heavy atom. The van der Waals surface area contributed by atoms with Crippen LogP contribution in [-0.2, 0) is 14.8 Å². The van der Waals surface area contributed by atoms with Gasteiger partial charge in [0.25, 0.3) is 5.91 Å². The highest BCUT2D eigenvalue weighted by atomic mass is 32.2. The fourth-order valence-corrected chi connectivity index (χ4v) is 3.94. The second kappa shape index (κ2) is 7.80. The number of hydrogen-bond donors (Lipinski definition) is 4. The lowest BCUT2D eigenvalue weighted by Gasteiger charge is -2.22. The molecule has 0 radical (unpaired) electrons. The van der Waals surface area contributed by atoms with Crippen LogP contribution in [0.5, 0.6) is 11.5 Å². The van der Waals surface area contributed by atoms with Gasteiger partial charge in [0.05, 0.1) is 6.61 Å². The predicted molar refractivity (Wildman–Crippen MR) is 98.3 cm³/mol. The molecule has 1 aromatic heterocycles. The van der Waals surface area contributed by atoms with Crippen molar-refractivity contribution in [3.8, 4) is 11.5 Å². The molecule has 1 unspecified atom stereocenters. The highest BCUT2D eigenvalue weighted by molar-refractivity contribution is 7.93. The number of benzene rings is 1. The molecule has 9 nitrogen and oxygen atoms in total. The first-order chi connectivity index (χ1) is 12.8. The number of pyridine rings is 1. The highest BCUT2D eigenvalue weighted by Gasteiger charge is 2.28. The van der Waals surface area contributed by atoms with Gasteiger partial charge in [0, 0.05) is 30.1 Å². The number of aromatic nitrogens is 1. The van der Waals surface area contributed by atoms with Crippen LogP contribution < -0.4 is 10.0 Å². The smallest absolute Gasteiger partial charge is 0.255 e. The normalized spacial score (nSPS) is 17.3. The molecule has 1 aliphatic heterocycles. The van der Waals surface area contributed by atoms with Crippen molar-refractivity contribution in [3.05, 3.63) is 42.1 Å². The van der Waals surface area contributed by atoms with E-state index in [-0.39, 0.29) is 35.2 Å². The third-order valence-corrected chi connectivity index (χ3v) is 5.80. The van der Waals surface area contributed by atoms with Gasteiger partial charge in [0.1, 0.15) is 11.1 Å². The highest BCUT2D eigenvalue weighted by Crippen LogP contribution is 2.27. The van der Waals surface area contributed by atoms with Gasteiger partial charge >= 0.3 is 0 Å². The van der Waals surface area contributed by atoms with Gasteiger partial charge in [-0.15, -0.1) is 0 Å². The average Bonchev–Trinajstić information content (AvgIpc) is 2.65. The maximum Gasteiger partial charge on any atom is 0.255 e. The summed E-state index contributed by atoms with van der Waals surface area (Å²) in [6.45, 7) is 0.673. The summed E-state index contributed by atoms with van der Waals surface area (Å²) in [6.07, 6.45) is 2.49. The molecule has 144 valence electrons. The monoisotopic (exact) mass is 393 g/mol. The molecule has 1 amide bonds. The summed E-state index contributed by atoms with van der Waals surface area (Å²) in [5, 5.41) is 20.7. The number of rotatable bonds is 5. The Morgan fingerprint density at radius 2 is 2.00 bits per heavy atom. The summed E-state index contributed by atoms with van der Waals surface area (Å²) in [6, 6.07) is 6.60. The summed E-state index contributed by atoms with van der Waals surface area (Å²) in [5.41, 5.74) is 0.448. The van der Waals surface area contributed by atoms with Crippen LogP contribution in [0.2, 0.25) is 0 Å². The molecule has 3 rings (SSSR count). The average molecular weight is 393 g/mol. The van der Waals surface area contributed by atoms with E-state index >= 15 is 0 Å². The first-order valence-corrected chi connectivity index (χ1v) is 9.78. The number of nitrogens with zero attached hydrogens (tertiary/aromatic N) is 1. The maximum atomic E-state index is 12.4. The maximum absolute atomic E-state index is 12.4. The van der Waals surface area contributed by atoms with Gasteiger partial charge in [0.2, 0.25) is 10.0 Å². The first kappa shape index (κ1) is 18.9. The predicted octanol–water partition coefficient (Wildman–Crippen LogP) is 1.67. The molecular formula is C17H19N3O6S. The molecule has 10 heteroatoms. The molecule has 1 atom stereocenters. The van der Waals surface area contributed by atoms with E-state index in [0.29, 0.717) is 19.4 Å². The topological polar surface area (TPSA) is 138 Å². The fourth-order valence-electron chi connectivity index (χ4n) is 2.62. The Kier molecular flexibility index (Phi) is 5.47. The molecule has 2 heterocycles. The number of sulfonamides is 1. The summed E-state index contributed by atoms with van der Waals surface area (Å²) in [5.74, 6) is -1.17. The molecule has 27 heavy (non-hydrogen) atoms. The van der Waals surface area contributed by atoms with Crippen molar-refractivity contribution in [1.29, 1.82) is 0 Å². The van der Waals surface area contributed by atoms with Crippen molar-refractivity contribution in [3.63, 3.8) is 0 Å². The number of phenols is 2. The van der Waals surface area contributed by atoms with Gasteiger partial charge in [-0.3, -0.25) is 9.52 Å². The van der Waals surface area contributed by atoms with Crippen LogP contribution in [0.4, 0.5) is 11.5 Å². The zero-order chi connectivity index (χ0) is 19.4. The van der Waals surface area contributed by atoms with Crippen molar-refractivity contribution in [1.82, 2.24) is 4.98 Å². The van der Waals surface area contributed by atoms with Crippen LogP contribution in [-0.4, -0.2) is 48.0 Å². The van der Waals surface area contributed by atoms with Crippen LogP contribution in [0.3, 0.4) is 0 Å². The molecule has 1 saturated heterocycles. The molecule has 0 bridgehead atoms. The molecule has 0 saturated carbocycles. The summed E-state index contributed by atoms with van der Waals surface area (Å²) < 4.78 is 32.4. The Labute approximate surface area is 156 Å². The number of ether oxygens (including phenoxy) is 1. The first-order valence-electron chi connectivity index (χ1n) is 8.24. The van der Waals surface area contributed by atoms with Crippen molar-refractivity contribution in [2.24, 2.45) is 0 Å². The van der Waals surface area contributed by atoms with Crippen molar-refractivity contribution < 1.29 is 28.2 Å². The Morgan fingerprint density at radius 1 is 1.19 bits per heavy atom. The van der Waals surface area contributed by atoms with E-state index in [1.807, 2.05) is 0 Å². The van der Waals surface area contributed by atoms with Crippen LogP contribution in [0.25, 0.3) is 0 Å². The minimum Gasteiger partial charge on any atom is -0.504 e. The second-order valence-electron chi connectivity index (χ2n) is 6.07. The van der Waals surface area contributed by atoms with E-state index in [1.54, 1.807) is 0 Å². The number of phenolic OH excluding ortho intramolecular Hbond substituents is 2. The van der Waals surface area contributed by atoms with Gasteiger partial charge in [-0.1, -0.05) is 0 Å². The minimum atomic E-state index is -3.68. The number of amides is 1. The van der Waals surface area contributed by atoms with E-state index in [1.165, 1.54) is 36.5 Å². The van der Waals surface area contributed by atoms with Crippen LogP contribution >= 0.6 is 0 Å². The van der Waals surface area contributed by atoms with Crippen molar-refractivity contribution in [2.45, 2.75) is 18.1 Å². The summed E-state index contributed by atoms with van der Waals surface area (Å²) >= 11 is 0. The van der Waals surface area contributed by atoms with Crippen LogP contribution in [0.1, 0.15) is 23.2 Å². The molecule has 1 aromatic carbocycles. The quantitative estimate of drug-likeness (QED) is 0.448. The van der Waals surface area contributed by atoms with Crippen LogP contribution in [0, 0.1) is 0 Å². The lowest BCUT2D eigenvalue weighted by atomic mass is 10.2. The summed E-state index contributed by atoms with van der Waals surface area (Å²) in [4.78, 5) is 16.3. The standard InChI is InChI=1S/C17H19N3O6S/c21-14-4-3-12(9-15(14)22)19-17(23)11-5-6-18-16(8-11)20-27(24,25)13-2-1-7-26-10-13/h3-6,8-9,13,21-22H,1-2,7,10H2,(H,18,20)(H,19,23). The number of aromatic hydroxyl groups is 2. The van der Waals surface area contributed by atoms with Gasteiger partial charge in [-0.2, -0.15) is 0 Å². The lowest BCUT2D eigenvalue weighted by molar-refractivity contribution is 0.0992.